The fourth-order valence-corrected chi connectivity index (χ4v) is 1.44. The van der Waals surface area contributed by atoms with E-state index >= 15 is 0 Å². The van der Waals surface area contributed by atoms with Crippen LogP contribution in [0.1, 0.15) is 5.56 Å². The van der Waals surface area contributed by atoms with Gasteiger partial charge in [0.2, 0.25) is 0 Å². The molecular formula is C12H20N2O. The lowest BCUT2D eigenvalue weighted by molar-refractivity contribution is 0.348. The molecule has 1 aromatic rings. The summed E-state index contributed by atoms with van der Waals surface area (Å²) in [6.07, 6.45) is 1.06. The minimum atomic E-state index is 0.721. The molecule has 0 atom stereocenters. The van der Waals surface area contributed by atoms with Gasteiger partial charge in [-0.05, 0) is 31.2 Å². The topological polar surface area (TPSA) is 38.5 Å². The lowest BCUT2D eigenvalue weighted by atomic mass is 10.1. The summed E-state index contributed by atoms with van der Waals surface area (Å²) in [5, 5.41) is 0. The van der Waals surface area contributed by atoms with Gasteiger partial charge in [-0.3, -0.25) is 0 Å². The van der Waals surface area contributed by atoms with Gasteiger partial charge >= 0.3 is 0 Å². The molecule has 0 radical (unpaired) electrons. The molecule has 1 rings (SSSR count). The molecule has 0 bridgehead atoms. The van der Waals surface area contributed by atoms with Crippen LogP contribution in [0.4, 0.5) is 0 Å². The molecular weight excluding hydrogens is 188 g/mol. The summed E-state index contributed by atoms with van der Waals surface area (Å²) in [6, 6.07) is 8.21. The van der Waals surface area contributed by atoms with E-state index in [9.17, 15) is 0 Å². The van der Waals surface area contributed by atoms with Crippen molar-refractivity contribution < 1.29 is 4.74 Å². The van der Waals surface area contributed by atoms with Crippen LogP contribution in [-0.2, 0) is 6.42 Å². The van der Waals surface area contributed by atoms with Crippen molar-refractivity contribution in [2.24, 2.45) is 5.73 Å². The fourth-order valence-electron chi connectivity index (χ4n) is 1.44. The predicted octanol–water partition coefficient (Wildman–Crippen LogP) is 1.13. The van der Waals surface area contributed by atoms with Gasteiger partial charge in [0.15, 0.2) is 0 Å². The lowest BCUT2D eigenvalue weighted by Crippen LogP contribution is -2.27. The Bertz CT molecular complexity index is 271. The molecule has 0 unspecified atom stereocenters. The van der Waals surface area contributed by atoms with Crippen LogP contribution < -0.4 is 10.5 Å². The van der Waals surface area contributed by atoms with E-state index in [0.717, 1.165) is 31.8 Å². The zero-order valence-corrected chi connectivity index (χ0v) is 9.57. The summed E-state index contributed by atoms with van der Waals surface area (Å²) in [5.41, 5.74) is 6.81. The number of benzene rings is 1. The van der Waals surface area contributed by atoms with Crippen LogP contribution >= 0.6 is 0 Å². The van der Waals surface area contributed by atoms with Crippen LogP contribution in [0.15, 0.2) is 24.3 Å². The minimum absolute atomic E-state index is 0.721. The van der Waals surface area contributed by atoms with Gasteiger partial charge in [0.05, 0.1) is 7.11 Å². The van der Waals surface area contributed by atoms with Crippen LogP contribution in [-0.4, -0.2) is 38.7 Å². The summed E-state index contributed by atoms with van der Waals surface area (Å²) in [6.45, 7) is 2.72. The highest BCUT2D eigenvalue weighted by molar-refractivity contribution is 5.27. The summed E-state index contributed by atoms with van der Waals surface area (Å²) in [5.74, 6) is 0.911. The molecule has 3 heteroatoms. The van der Waals surface area contributed by atoms with Crippen molar-refractivity contribution in [2.75, 3.05) is 33.8 Å². The van der Waals surface area contributed by atoms with Crippen molar-refractivity contribution in [3.05, 3.63) is 29.8 Å². The summed E-state index contributed by atoms with van der Waals surface area (Å²) in [7, 11) is 3.78. The van der Waals surface area contributed by atoms with E-state index in [4.69, 9.17) is 10.5 Å². The number of likely N-dealkylation sites (N-methyl/N-ethyl adjacent to an activating group) is 1. The molecule has 84 valence electrons. The van der Waals surface area contributed by atoms with Crippen LogP contribution in [0, 0.1) is 0 Å². The lowest BCUT2D eigenvalue weighted by Gasteiger charge is -2.15. The number of nitrogens with two attached hydrogens (primary N) is 1. The number of hydrogen-bond donors (Lipinski definition) is 1. The molecule has 0 spiro atoms. The first-order chi connectivity index (χ1) is 7.26. The van der Waals surface area contributed by atoms with Crippen LogP contribution in [0.5, 0.6) is 5.75 Å². The molecule has 0 aliphatic rings. The van der Waals surface area contributed by atoms with E-state index in [2.05, 4.69) is 24.1 Å². The largest absolute Gasteiger partial charge is 0.497 e. The number of rotatable bonds is 6. The molecule has 0 aliphatic heterocycles. The van der Waals surface area contributed by atoms with Crippen molar-refractivity contribution >= 4 is 0 Å². The predicted molar refractivity (Wildman–Crippen MR) is 63.2 cm³/mol. The maximum absolute atomic E-state index is 5.48. The van der Waals surface area contributed by atoms with Crippen molar-refractivity contribution in [1.82, 2.24) is 4.90 Å². The van der Waals surface area contributed by atoms with Gasteiger partial charge in [-0.25, -0.2) is 0 Å². The van der Waals surface area contributed by atoms with Crippen molar-refractivity contribution in [1.29, 1.82) is 0 Å². The zero-order valence-electron chi connectivity index (χ0n) is 9.57. The molecule has 0 saturated carbocycles. The first-order valence-corrected chi connectivity index (χ1v) is 5.28. The van der Waals surface area contributed by atoms with Gasteiger partial charge in [-0.1, -0.05) is 12.1 Å². The second-order valence-electron chi connectivity index (χ2n) is 3.69. The Hall–Kier alpha value is -1.06. The van der Waals surface area contributed by atoms with Crippen molar-refractivity contribution in [2.45, 2.75) is 6.42 Å². The van der Waals surface area contributed by atoms with Gasteiger partial charge in [0.25, 0.3) is 0 Å². The smallest absolute Gasteiger partial charge is 0.118 e. The molecule has 0 heterocycles. The number of nitrogens with zero attached hydrogens (tertiary/aromatic N) is 1. The highest BCUT2D eigenvalue weighted by Gasteiger charge is 1.98. The Kier molecular flexibility index (Phi) is 5.15. The molecule has 15 heavy (non-hydrogen) atoms. The van der Waals surface area contributed by atoms with E-state index in [1.54, 1.807) is 7.11 Å². The van der Waals surface area contributed by atoms with Gasteiger partial charge < -0.3 is 15.4 Å². The molecule has 0 aliphatic carbocycles. The standard InChI is InChI=1S/C12H20N2O/c1-14(10-8-13)9-7-11-3-5-12(15-2)6-4-11/h3-6H,7-10,13H2,1-2H3. The average Bonchev–Trinajstić information content (AvgIpc) is 2.27. The summed E-state index contributed by atoms with van der Waals surface area (Å²) >= 11 is 0. The molecule has 0 saturated heterocycles. The average molecular weight is 208 g/mol. The second-order valence-corrected chi connectivity index (χ2v) is 3.69. The number of ether oxygens (including phenoxy) is 1. The van der Waals surface area contributed by atoms with E-state index in [0.29, 0.717) is 0 Å². The highest BCUT2D eigenvalue weighted by atomic mass is 16.5. The third-order valence-corrected chi connectivity index (χ3v) is 2.45. The monoisotopic (exact) mass is 208 g/mol. The third-order valence-electron chi connectivity index (χ3n) is 2.45. The maximum Gasteiger partial charge on any atom is 0.118 e. The quantitative estimate of drug-likeness (QED) is 0.761. The molecule has 0 fully saturated rings. The van der Waals surface area contributed by atoms with Crippen molar-refractivity contribution in [3.8, 4) is 5.75 Å². The Morgan fingerprint density at radius 1 is 1.20 bits per heavy atom. The zero-order chi connectivity index (χ0) is 11.1. The normalized spacial score (nSPS) is 10.7. The van der Waals surface area contributed by atoms with Gasteiger partial charge in [0.1, 0.15) is 5.75 Å². The first kappa shape index (κ1) is 12.0. The fraction of sp³-hybridized carbons (Fsp3) is 0.500. The Balaban J connectivity index is 2.37. The SMILES string of the molecule is COc1ccc(CCN(C)CCN)cc1. The third kappa shape index (κ3) is 4.32. The first-order valence-electron chi connectivity index (χ1n) is 5.28. The summed E-state index contributed by atoms with van der Waals surface area (Å²) in [4.78, 5) is 2.24. The van der Waals surface area contributed by atoms with Crippen LogP contribution in [0.3, 0.4) is 0 Å². The van der Waals surface area contributed by atoms with Crippen LogP contribution in [0.2, 0.25) is 0 Å². The van der Waals surface area contributed by atoms with E-state index in [-0.39, 0.29) is 0 Å². The van der Waals surface area contributed by atoms with Crippen LogP contribution in [0.25, 0.3) is 0 Å². The highest BCUT2D eigenvalue weighted by Crippen LogP contribution is 2.11. The van der Waals surface area contributed by atoms with Gasteiger partial charge in [0, 0.05) is 19.6 Å². The number of methoxy groups -OCH3 is 1. The van der Waals surface area contributed by atoms with Crippen molar-refractivity contribution in [3.63, 3.8) is 0 Å². The summed E-state index contributed by atoms with van der Waals surface area (Å²) < 4.78 is 5.11. The molecule has 0 amide bonds. The second kappa shape index (κ2) is 6.43. The van der Waals surface area contributed by atoms with E-state index < -0.39 is 0 Å². The van der Waals surface area contributed by atoms with E-state index in [1.165, 1.54) is 5.56 Å². The van der Waals surface area contributed by atoms with Gasteiger partial charge in [-0.2, -0.15) is 0 Å². The maximum atomic E-state index is 5.48. The number of hydrogen-bond acceptors (Lipinski definition) is 3. The van der Waals surface area contributed by atoms with Gasteiger partial charge in [-0.15, -0.1) is 0 Å². The molecule has 2 N–H and O–H groups in total. The van der Waals surface area contributed by atoms with E-state index in [1.807, 2.05) is 12.1 Å². The molecule has 1 aromatic carbocycles. The Morgan fingerprint density at radius 2 is 1.87 bits per heavy atom. The minimum Gasteiger partial charge on any atom is -0.497 e. The Morgan fingerprint density at radius 3 is 2.40 bits per heavy atom. The molecule has 0 aromatic heterocycles. The molecule has 3 nitrogen and oxygen atoms in total. The Labute approximate surface area is 91.8 Å².